The van der Waals surface area contributed by atoms with Gasteiger partial charge >= 0.3 is 156 Å². The fourth-order valence-corrected chi connectivity index (χ4v) is 9.03. The van der Waals surface area contributed by atoms with Crippen molar-refractivity contribution in [3.63, 3.8) is 0 Å². The second kappa shape index (κ2) is 16.2. The van der Waals surface area contributed by atoms with Crippen LogP contribution >= 0.6 is 46.9 Å². The topological polar surface area (TPSA) is 296 Å². The van der Waals surface area contributed by atoms with Gasteiger partial charge in [-0.3, -0.25) is 27.4 Å². The summed E-state index contributed by atoms with van der Waals surface area (Å²) < 4.78 is 83.4. The van der Waals surface area contributed by atoms with E-state index in [2.05, 4.69) is 25.9 Å². The first-order valence-corrected chi connectivity index (χ1v) is 13.1. The molecule has 1 saturated heterocycles. The summed E-state index contributed by atoms with van der Waals surface area (Å²) >= 11 is 0. The maximum absolute atomic E-state index is 11.0. The minimum absolute atomic E-state index is 0. The molecule has 0 unspecified atom stereocenters. The molecule has 0 atom stereocenters. The van der Waals surface area contributed by atoms with Crippen LogP contribution in [0.4, 0.5) is 0 Å². The summed E-state index contributed by atoms with van der Waals surface area (Å²) in [5, 5.41) is 0. The molecule has 0 saturated carbocycles. The van der Waals surface area contributed by atoms with E-state index in [9.17, 15) is 56.8 Å². The van der Waals surface area contributed by atoms with E-state index in [1.165, 1.54) is 0 Å². The molecule has 29 heteroatoms. The Kier molecular flexibility index (Phi) is 25.2. The molecule has 0 aliphatic carbocycles. The van der Waals surface area contributed by atoms with Crippen LogP contribution in [0.25, 0.3) is 0 Å². The van der Waals surface area contributed by atoms with Crippen molar-refractivity contribution >= 4 is 84.7 Å². The number of hydrogen-bond acceptors (Lipinski definition) is 18. The fourth-order valence-electron chi connectivity index (χ4n) is 0.824. The zero-order valence-electron chi connectivity index (χ0n) is 14.7. The first-order chi connectivity index (χ1) is 10.2. The Morgan fingerprint density at radius 3 is 0.483 bits per heavy atom. The van der Waals surface area contributed by atoms with Gasteiger partial charge in [-0.15, -0.1) is 0 Å². The molecular formula is CaNa4O18P6. The third-order valence-electron chi connectivity index (χ3n) is 1.20. The van der Waals surface area contributed by atoms with Crippen LogP contribution in [0, 0.1) is 0 Å². The van der Waals surface area contributed by atoms with Crippen LogP contribution in [0.15, 0.2) is 0 Å². The maximum Gasteiger partial charge on any atom is 2.00 e. The molecule has 1 heterocycles. The zero-order chi connectivity index (χ0) is 19.2. The minimum Gasteiger partial charge on any atom is -0.756 e. The number of hydrogen-bond donors (Lipinski definition) is 0. The third kappa shape index (κ3) is 19.9. The molecule has 0 radical (unpaired) electrons. The largest absolute Gasteiger partial charge is 2.00 e. The van der Waals surface area contributed by atoms with Gasteiger partial charge in [0, 0.05) is 0 Å². The van der Waals surface area contributed by atoms with Crippen LogP contribution in [0.3, 0.4) is 0 Å². The smallest absolute Gasteiger partial charge is 0.756 e. The Labute approximate surface area is 280 Å². The molecule has 0 aromatic heterocycles. The molecule has 0 spiro atoms. The van der Waals surface area contributed by atoms with Gasteiger partial charge in [-0.05, 0) is 0 Å². The van der Waals surface area contributed by atoms with E-state index < -0.39 is 46.9 Å². The molecule has 1 aliphatic heterocycles. The van der Waals surface area contributed by atoms with E-state index in [1.54, 1.807) is 0 Å². The quantitative estimate of drug-likeness (QED) is 0.183. The van der Waals surface area contributed by atoms with Gasteiger partial charge in [0.05, 0.1) is 0 Å². The molecule has 0 bridgehead atoms. The van der Waals surface area contributed by atoms with Gasteiger partial charge in [0.1, 0.15) is 0 Å². The second-order valence-electron chi connectivity index (χ2n) is 3.17. The standard InChI is InChI=1S/Ca.4Na.H6O18P6/c;;;;;1-19(2)13-20(3,4)15-22(7,8)17-24(11,12)18-23(9,10)16-21(5,6)14-19/h;;;;;(H,1,2)(H,3,4)(H,5,6)(H,7,8)(H,9,10)(H,11,12)/q+2;4*+1;/p-6. The van der Waals surface area contributed by atoms with E-state index in [-0.39, 0.29) is 156 Å². The Hall–Kier alpha value is 6.16. The van der Waals surface area contributed by atoms with E-state index in [0.29, 0.717) is 0 Å². The summed E-state index contributed by atoms with van der Waals surface area (Å²) in [5.41, 5.74) is 0. The predicted octanol–water partition coefficient (Wildman–Crippen LogP) is -15.5. The van der Waals surface area contributed by atoms with Crippen molar-refractivity contribution in [3.8, 4) is 0 Å². The van der Waals surface area contributed by atoms with Crippen LogP contribution in [0.1, 0.15) is 0 Å². The molecule has 0 N–H and O–H groups in total. The molecule has 1 rings (SSSR count). The van der Waals surface area contributed by atoms with Crippen LogP contribution in [-0.4, -0.2) is 37.7 Å². The summed E-state index contributed by atoms with van der Waals surface area (Å²) in [6, 6.07) is 0. The van der Waals surface area contributed by atoms with Gasteiger partial charge in [-0.1, -0.05) is 0 Å². The van der Waals surface area contributed by atoms with Crippen LogP contribution < -0.4 is 148 Å². The summed E-state index contributed by atoms with van der Waals surface area (Å²) in [6.07, 6.45) is 0. The monoisotopic (exact) mass is 606 g/mol. The predicted molar refractivity (Wildman–Crippen MR) is 57.9 cm³/mol. The number of phosphoric acid groups is 6. The Bertz CT molecular complexity index is 598. The zero-order valence-corrected chi connectivity index (χ0v) is 30.3. The van der Waals surface area contributed by atoms with Gasteiger partial charge in [0.25, 0.3) is 46.9 Å². The van der Waals surface area contributed by atoms with Crippen molar-refractivity contribution in [1.29, 1.82) is 0 Å². The summed E-state index contributed by atoms with van der Waals surface area (Å²) in [5.74, 6) is 0. The van der Waals surface area contributed by atoms with Crippen LogP contribution in [0.2, 0.25) is 0 Å². The maximum atomic E-state index is 11.0. The van der Waals surface area contributed by atoms with E-state index >= 15 is 0 Å². The van der Waals surface area contributed by atoms with Crippen molar-refractivity contribution < 1.29 is 201 Å². The molecule has 1 aliphatic rings. The minimum atomic E-state index is -6.56. The fraction of sp³-hybridized carbons (Fsp3) is 0. The normalized spacial score (nSPS) is 45.7. The third-order valence-corrected chi connectivity index (χ3v) is 10.8. The first-order valence-electron chi connectivity index (χ1n) is 4.38. The molecule has 0 aromatic rings. The molecule has 144 valence electrons. The van der Waals surface area contributed by atoms with E-state index in [1.807, 2.05) is 0 Å². The molecule has 1 fully saturated rings. The average molecular weight is 606 g/mol. The van der Waals surface area contributed by atoms with Crippen molar-refractivity contribution in [2.75, 3.05) is 0 Å². The van der Waals surface area contributed by atoms with Crippen molar-refractivity contribution in [3.05, 3.63) is 0 Å². The van der Waals surface area contributed by atoms with Gasteiger partial charge in [0.15, 0.2) is 0 Å². The van der Waals surface area contributed by atoms with Gasteiger partial charge in [0.2, 0.25) is 0 Å². The van der Waals surface area contributed by atoms with Crippen molar-refractivity contribution in [2.45, 2.75) is 0 Å². The Morgan fingerprint density at radius 2 is 0.414 bits per heavy atom. The molecule has 0 aromatic carbocycles. The number of rotatable bonds is 0. The SMILES string of the molecule is O=P1([O-])OP(=O)([O-])OP(=O)([O-])OP(=O)([O-])OP(=O)([O-])OP(=O)([O-])O1.[Ca+2].[Na+].[Na+].[Na+].[Na+]. The van der Waals surface area contributed by atoms with E-state index in [4.69, 9.17) is 0 Å². The average Bonchev–Trinajstić information content (AvgIpc) is 1.98. The van der Waals surface area contributed by atoms with Gasteiger partial charge in [-0.25, -0.2) is 25.9 Å². The summed E-state index contributed by atoms with van der Waals surface area (Å²) in [7, 11) is -39.3. The van der Waals surface area contributed by atoms with E-state index in [0.717, 1.165) is 0 Å². The van der Waals surface area contributed by atoms with Crippen LogP contribution in [-0.2, 0) is 53.3 Å². The Balaban J connectivity index is -0.000000384. The molecule has 29 heavy (non-hydrogen) atoms. The summed E-state index contributed by atoms with van der Waals surface area (Å²) in [6.45, 7) is 0. The van der Waals surface area contributed by atoms with Crippen molar-refractivity contribution in [2.24, 2.45) is 0 Å². The molecular weight excluding hydrogens is 606 g/mol. The molecule has 0 amide bonds. The Morgan fingerprint density at radius 1 is 0.345 bits per heavy atom. The molecule has 18 nitrogen and oxygen atoms in total. The second-order valence-corrected chi connectivity index (χ2v) is 12.5. The van der Waals surface area contributed by atoms with Gasteiger partial charge < -0.3 is 29.4 Å². The van der Waals surface area contributed by atoms with Crippen LogP contribution in [0.5, 0.6) is 0 Å². The van der Waals surface area contributed by atoms with Crippen molar-refractivity contribution in [1.82, 2.24) is 0 Å². The van der Waals surface area contributed by atoms with Gasteiger partial charge in [-0.2, -0.15) is 0 Å². The summed E-state index contributed by atoms with van der Waals surface area (Å²) in [4.78, 5) is 65.8. The first kappa shape index (κ1) is 45.1.